The van der Waals surface area contributed by atoms with E-state index in [0.717, 1.165) is 12.8 Å². The van der Waals surface area contributed by atoms with Crippen molar-refractivity contribution in [3.63, 3.8) is 0 Å². The molecule has 174 valence electrons. The topological polar surface area (TPSA) is 72.6 Å². The van der Waals surface area contributed by atoms with E-state index in [4.69, 9.17) is 10.5 Å². The van der Waals surface area contributed by atoms with Gasteiger partial charge in [-0.1, -0.05) is 90.0 Å². The van der Waals surface area contributed by atoms with Crippen molar-refractivity contribution < 1.29 is 14.3 Å². The molecule has 0 aromatic heterocycles. The third-order valence-electron chi connectivity index (χ3n) is 5.50. The second-order valence-electron chi connectivity index (χ2n) is 8.15. The number of esters is 1. The lowest BCUT2D eigenvalue weighted by molar-refractivity contribution is -0.155. The van der Waals surface area contributed by atoms with Crippen molar-refractivity contribution in [1.29, 1.82) is 0 Å². The van der Waals surface area contributed by atoms with Crippen LogP contribution in [0.3, 0.4) is 0 Å². The summed E-state index contributed by atoms with van der Waals surface area (Å²) >= 11 is 0. The number of ether oxygens (including phenoxy) is 1. The summed E-state index contributed by atoms with van der Waals surface area (Å²) in [4.78, 5) is 25.1. The second kappa shape index (κ2) is 18.5. The molecule has 5 nitrogen and oxygen atoms in total. The first kappa shape index (κ1) is 28.7. The van der Waals surface area contributed by atoms with E-state index in [1.165, 1.54) is 70.6 Å². The summed E-state index contributed by atoms with van der Waals surface area (Å²) in [5.74, 6) is -0.617. The molecule has 0 aromatic rings. The molecule has 1 heterocycles. The molecular weight excluding hydrogens is 444 g/mol. The van der Waals surface area contributed by atoms with Gasteiger partial charge in [0.15, 0.2) is 6.23 Å². The second-order valence-corrected chi connectivity index (χ2v) is 8.15. The van der Waals surface area contributed by atoms with E-state index in [2.05, 4.69) is 6.92 Å². The van der Waals surface area contributed by atoms with Crippen LogP contribution in [0.25, 0.3) is 0 Å². The molecule has 0 aliphatic carbocycles. The van der Waals surface area contributed by atoms with Gasteiger partial charge >= 0.3 is 5.97 Å². The first-order valence-electron chi connectivity index (χ1n) is 11.7. The lowest BCUT2D eigenvalue weighted by atomic mass is 10.0. The Morgan fingerprint density at radius 1 is 0.967 bits per heavy atom. The summed E-state index contributed by atoms with van der Waals surface area (Å²) in [7, 11) is 0. The Morgan fingerprint density at radius 3 is 1.97 bits per heavy atom. The third kappa shape index (κ3) is 13.8. The van der Waals surface area contributed by atoms with Crippen LogP contribution < -0.4 is 5.73 Å². The number of allylic oxidation sites excluding steroid dienone is 2. The molecule has 1 rings (SSSR count). The zero-order valence-corrected chi connectivity index (χ0v) is 20.8. The van der Waals surface area contributed by atoms with Crippen molar-refractivity contribution in [3.8, 4) is 0 Å². The van der Waals surface area contributed by atoms with Crippen LogP contribution in [-0.4, -0.2) is 29.5 Å². The number of amides is 1. The Balaban J connectivity index is 0.00000841. The van der Waals surface area contributed by atoms with Crippen molar-refractivity contribution in [1.82, 2.24) is 4.90 Å². The molecule has 0 spiro atoms. The van der Waals surface area contributed by atoms with Gasteiger partial charge in [0.05, 0.1) is 6.54 Å². The maximum atomic E-state index is 12.0. The van der Waals surface area contributed by atoms with Gasteiger partial charge < -0.3 is 15.4 Å². The number of nitrogens with zero attached hydrogens (tertiary/aromatic N) is 1. The molecule has 30 heavy (non-hydrogen) atoms. The molecule has 0 saturated carbocycles. The van der Waals surface area contributed by atoms with Crippen LogP contribution in [0, 0.1) is 0 Å². The van der Waals surface area contributed by atoms with Gasteiger partial charge in [0.1, 0.15) is 0 Å². The number of carbonyl (C=O) groups is 2. The minimum absolute atomic E-state index is 0. The normalized spacial score (nSPS) is 14.1. The van der Waals surface area contributed by atoms with Gasteiger partial charge in [0, 0.05) is 18.2 Å². The molecule has 0 fully saturated rings. The lowest BCUT2D eigenvalue weighted by Crippen LogP contribution is -2.37. The van der Waals surface area contributed by atoms with Crippen LogP contribution in [0.4, 0.5) is 0 Å². The maximum absolute atomic E-state index is 12.0. The van der Waals surface area contributed by atoms with Crippen LogP contribution in [-0.2, 0) is 14.3 Å². The fourth-order valence-electron chi connectivity index (χ4n) is 3.59. The molecule has 0 radical (unpaired) electrons. The lowest BCUT2D eigenvalue weighted by Gasteiger charge is -2.29. The maximum Gasteiger partial charge on any atom is 0.307 e. The average Bonchev–Trinajstić information content (AvgIpc) is 2.71. The van der Waals surface area contributed by atoms with E-state index in [-0.39, 0.29) is 23.0 Å². The van der Waals surface area contributed by atoms with E-state index < -0.39 is 12.1 Å². The van der Waals surface area contributed by atoms with E-state index in [9.17, 15) is 9.59 Å². The molecule has 0 aromatic carbocycles. The average molecular weight is 488 g/mol. The number of hydrogen-bond acceptors (Lipinski definition) is 4. The van der Waals surface area contributed by atoms with Gasteiger partial charge in [-0.05, 0) is 19.4 Å². The van der Waals surface area contributed by atoms with E-state index in [0.29, 0.717) is 18.5 Å². The van der Waals surface area contributed by atoms with Crippen LogP contribution in [0.1, 0.15) is 104 Å². The third-order valence-corrected chi connectivity index (χ3v) is 5.50. The first-order valence-corrected chi connectivity index (χ1v) is 11.7. The molecule has 1 aliphatic rings. The Kier molecular flexibility index (Phi) is 17.7. The number of primary amides is 1. The van der Waals surface area contributed by atoms with E-state index in [1.54, 1.807) is 12.2 Å². The Bertz CT molecular complexity index is 535. The highest BCUT2D eigenvalue weighted by molar-refractivity contribution is 8.93. The highest BCUT2D eigenvalue weighted by atomic mass is 79.9. The van der Waals surface area contributed by atoms with Crippen LogP contribution in [0.2, 0.25) is 0 Å². The van der Waals surface area contributed by atoms with Crippen molar-refractivity contribution >= 4 is 28.9 Å². The van der Waals surface area contributed by atoms with Gasteiger partial charge in [0.25, 0.3) is 0 Å². The number of rotatable bonds is 17. The van der Waals surface area contributed by atoms with Crippen LogP contribution in [0.5, 0.6) is 0 Å². The Morgan fingerprint density at radius 2 is 1.47 bits per heavy atom. The van der Waals surface area contributed by atoms with Gasteiger partial charge in [-0.15, -0.1) is 17.0 Å². The minimum Gasteiger partial charge on any atom is -0.442 e. The molecule has 6 heteroatoms. The molecular formula is C24H43BrN2O3. The number of nitrogens with two attached hydrogens (primary N) is 1. The van der Waals surface area contributed by atoms with Gasteiger partial charge in [-0.25, -0.2) is 0 Å². The van der Waals surface area contributed by atoms with Gasteiger partial charge in [-0.3, -0.25) is 9.59 Å². The monoisotopic (exact) mass is 486 g/mol. The summed E-state index contributed by atoms with van der Waals surface area (Å²) in [5, 5.41) is 0. The zero-order valence-electron chi connectivity index (χ0n) is 19.1. The molecule has 0 bridgehead atoms. The van der Waals surface area contributed by atoms with Gasteiger partial charge in [-0.2, -0.15) is 0 Å². The van der Waals surface area contributed by atoms with Crippen molar-refractivity contribution in [3.05, 3.63) is 23.9 Å². The molecule has 1 amide bonds. The summed E-state index contributed by atoms with van der Waals surface area (Å²) in [6.45, 7) is 4.45. The van der Waals surface area contributed by atoms with Crippen LogP contribution >= 0.6 is 17.0 Å². The largest absolute Gasteiger partial charge is 0.442 e. The highest BCUT2D eigenvalue weighted by Crippen LogP contribution is 2.15. The number of carbonyl (C=O) groups excluding carboxylic acids is 2. The minimum atomic E-state index is -0.440. The van der Waals surface area contributed by atoms with Crippen LogP contribution in [0.15, 0.2) is 23.9 Å². The zero-order chi connectivity index (χ0) is 21.3. The predicted molar refractivity (Wildman–Crippen MR) is 129 cm³/mol. The van der Waals surface area contributed by atoms with Crippen molar-refractivity contribution in [2.45, 2.75) is 110 Å². The molecule has 2 N–H and O–H groups in total. The molecule has 1 aliphatic heterocycles. The molecule has 0 saturated heterocycles. The summed E-state index contributed by atoms with van der Waals surface area (Å²) in [6, 6.07) is 0. The SMILES string of the molecule is Br.CCCCCCCCCCCCCCCC(=O)OC(C)N1C=CC=C(C(N)=O)C1. The van der Waals surface area contributed by atoms with Crippen molar-refractivity contribution in [2.24, 2.45) is 5.73 Å². The predicted octanol–water partition coefficient (Wildman–Crippen LogP) is 6.18. The number of hydrogen-bond donors (Lipinski definition) is 1. The summed E-state index contributed by atoms with van der Waals surface area (Å²) in [6.07, 6.45) is 22.1. The first-order chi connectivity index (χ1) is 14.0. The van der Waals surface area contributed by atoms with Crippen molar-refractivity contribution in [2.75, 3.05) is 6.54 Å². The Hall–Kier alpha value is -1.30. The summed E-state index contributed by atoms with van der Waals surface area (Å²) < 4.78 is 5.48. The fourth-order valence-corrected chi connectivity index (χ4v) is 3.59. The molecule has 1 unspecified atom stereocenters. The molecule has 1 atom stereocenters. The number of halogens is 1. The smallest absolute Gasteiger partial charge is 0.307 e. The highest BCUT2D eigenvalue weighted by Gasteiger charge is 2.19. The van der Waals surface area contributed by atoms with E-state index >= 15 is 0 Å². The quantitative estimate of drug-likeness (QED) is 0.197. The van der Waals surface area contributed by atoms with Gasteiger partial charge in [0.2, 0.25) is 5.91 Å². The number of unbranched alkanes of at least 4 members (excludes halogenated alkanes) is 12. The Labute approximate surface area is 194 Å². The standard InChI is InChI=1S/C24H42N2O3.BrH/c1-3-4-5-6-7-8-9-10-11-12-13-14-15-18-23(27)29-21(2)26-19-16-17-22(20-26)24(25)28;/h16-17,19,21H,3-15,18,20H2,1-2H3,(H2,25,28);1H. The van der Waals surface area contributed by atoms with E-state index in [1.807, 2.05) is 18.0 Å². The summed E-state index contributed by atoms with van der Waals surface area (Å²) in [5.41, 5.74) is 5.84. The fraction of sp³-hybridized carbons (Fsp3) is 0.750.